The van der Waals surface area contributed by atoms with Crippen LogP contribution in [0, 0.1) is 13.8 Å². The fourth-order valence-electron chi connectivity index (χ4n) is 1.98. The van der Waals surface area contributed by atoms with Gasteiger partial charge in [0.15, 0.2) is 5.82 Å². The van der Waals surface area contributed by atoms with Gasteiger partial charge in [-0.1, -0.05) is 19.1 Å². The lowest BCUT2D eigenvalue weighted by atomic mass is 10.1. The molecule has 1 aromatic heterocycles. The van der Waals surface area contributed by atoms with Crippen molar-refractivity contribution in [2.75, 3.05) is 11.4 Å². The van der Waals surface area contributed by atoms with Crippen molar-refractivity contribution in [2.24, 2.45) is 5.73 Å². The first-order valence-corrected chi connectivity index (χ1v) is 6.75. The number of rotatable bonds is 5. The first kappa shape index (κ1) is 14.8. The van der Waals surface area contributed by atoms with Crippen molar-refractivity contribution >= 4 is 23.0 Å². The molecule has 0 aliphatic heterocycles. The Labute approximate surface area is 115 Å². The lowest BCUT2D eigenvalue weighted by molar-refractivity contribution is 0.617. The van der Waals surface area contributed by atoms with E-state index in [4.69, 9.17) is 18.0 Å². The van der Waals surface area contributed by atoms with Crippen LogP contribution in [0.3, 0.4) is 0 Å². The lowest BCUT2D eigenvalue weighted by Gasteiger charge is -2.30. The molecular formula is C13H22N4S. The van der Waals surface area contributed by atoms with Crippen LogP contribution in [0.2, 0.25) is 0 Å². The molecule has 0 amide bonds. The van der Waals surface area contributed by atoms with Gasteiger partial charge >= 0.3 is 0 Å². The maximum absolute atomic E-state index is 5.86. The zero-order valence-corrected chi connectivity index (χ0v) is 12.6. The van der Waals surface area contributed by atoms with Crippen LogP contribution in [0.1, 0.15) is 44.0 Å². The monoisotopic (exact) mass is 266 g/mol. The Kier molecular flexibility index (Phi) is 5.02. The molecule has 1 atom stereocenters. The second-order valence-corrected chi connectivity index (χ2v) is 4.96. The SMILES string of the molecule is CCC(C)N(CC)c1nnc(C)c(C)c1C(N)=S. The van der Waals surface area contributed by atoms with E-state index in [1.807, 2.05) is 13.8 Å². The first-order chi connectivity index (χ1) is 8.43. The summed E-state index contributed by atoms with van der Waals surface area (Å²) in [6.45, 7) is 11.2. The van der Waals surface area contributed by atoms with Crippen LogP contribution in [0.5, 0.6) is 0 Å². The summed E-state index contributed by atoms with van der Waals surface area (Å²) in [5.41, 5.74) is 8.62. The van der Waals surface area contributed by atoms with Crippen molar-refractivity contribution in [3.8, 4) is 0 Å². The lowest BCUT2D eigenvalue weighted by Crippen LogP contribution is -2.35. The van der Waals surface area contributed by atoms with Gasteiger partial charge < -0.3 is 10.6 Å². The summed E-state index contributed by atoms with van der Waals surface area (Å²) in [5, 5.41) is 8.51. The molecule has 0 radical (unpaired) electrons. The number of aromatic nitrogens is 2. The van der Waals surface area contributed by atoms with Crippen LogP contribution in [0.4, 0.5) is 5.82 Å². The maximum Gasteiger partial charge on any atom is 0.162 e. The predicted molar refractivity (Wildman–Crippen MR) is 80.2 cm³/mol. The van der Waals surface area contributed by atoms with Gasteiger partial charge in [0, 0.05) is 12.6 Å². The zero-order chi connectivity index (χ0) is 13.9. The van der Waals surface area contributed by atoms with Crippen molar-refractivity contribution in [2.45, 2.75) is 47.1 Å². The van der Waals surface area contributed by atoms with Crippen LogP contribution >= 0.6 is 12.2 Å². The van der Waals surface area contributed by atoms with Gasteiger partial charge in [-0.3, -0.25) is 0 Å². The van der Waals surface area contributed by atoms with Gasteiger partial charge in [0.1, 0.15) is 4.99 Å². The third kappa shape index (κ3) is 2.77. The minimum Gasteiger partial charge on any atom is -0.389 e. The molecule has 0 bridgehead atoms. The molecule has 5 heteroatoms. The second kappa shape index (κ2) is 6.09. The summed E-state index contributed by atoms with van der Waals surface area (Å²) in [6, 6.07) is 0.388. The summed E-state index contributed by atoms with van der Waals surface area (Å²) >= 11 is 5.17. The highest BCUT2D eigenvalue weighted by atomic mass is 32.1. The van der Waals surface area contributed by atoms with Crippen molar-refractivity contribution in [3.05, 3.63) is 16.8 Å². The maximum atomic E-state index is 5.86. The largest absolute Gasteiger partial charge is 0.389 e. The number of nitrogens with two attached hydrogens (primary N) is 1. The summed E-state index contributed by atoms with van der Waals surface area (Å²) in [6.07, 6.45) is 1.04. The minimum atomic E-state index is 0.388. The van der Waals surface area contributed by atoms with E-state index in [2.05, 4.69) is 35.9 Å². The van der Waals surface area contributed by atoms with Crippen molar-refractivity contribution in [3.63, 3.8) is 0 Å². The molecule has 4 nitrogen and oxygen atoms in total. The number of aryl methyl sites for hydroxylation is 1. The number of anilines is 1. The van der Waals surface area contributed by atoms with Crippen LogP contribution in [-0.4, -0.2) is 27.8 Å². The highest BCUT2D eigenvalue weighted by molar-refractivity contribution is 7.80. The Hall–Kier alpha value is -1.23. The van der Waals surface area contributed by atoms with Crippen molar-refractivity contribution in [1.29, 1.82) is 0 Å². The van der Waals surface area contributed by atoms with Gasteiger partial charge in [0.25, 0.3) is 0 Å². The molecule has 0 saturated carbocycles. The number of nitrogens with zero attached hydrogens (tertiary/aromatic N) is 3. The fraction of sp³-hybridized carbons (Fsp3) is 0.615. The molecule has 0 saturated heterocycles. The number of thiocarbonyl (C=S) groups is 1. The Morgan fingerprint density at radius 3 is 2.39 bits per heavy atom. The highest BCUT2D eigenvalue weighted by Gasteiger charge is 2.21. The molecule has 1 aromatic rings. The average Bonchev–Trinajstić information content (AvgIpc) is 2.33. The third-order valence-electron chi connectivity index (χ3n) is 3.42. The van der Waals surface area contributed by atoms with E-state index in [0.717, 1.165) is 35.6 Å². The summed E-state index contributed by atoms with van der Waals surface area (Å²) < 4.78 is 0. The Bertz CT molecular complexity index is 445. The van der Waals surface area contributed by atoms with E-state index >= 15 is 0 Å². The minimum absolute atomic E-state index is 0.388. The Morgan fingerprint density at radius 1 is 1.33 bits per heavy atom. The average molecular weight is 266 g/mol. The van der Waals surface area contributed by atoms with Crippen LogP contribution in [0.25, 0.3) is 0 Å². The zero-order valence-electron chi connectivity index (χ0n) is 11.8. The predicted octanol–water partition coefficient (Wildman–Crippen LogP) is 2.35. The van der Waals surface area contributed by atoms with Crippen LogP contribution in [0.15, 0.2) is 0 Å². The Balaban J connectivity index is 3.39. The van der Waals surface area contributed by atoms with E-state index < -0.39 is 0 Å². The van der Waals surface area contributed by atoms with Crippen LogP contribution in [-0.2, 0) is 0 Å². The van der Waals surface area contributed by atoms with E-state index in [1.54, 1.807) is 0 Å². The number of hydrogen-bond acceptors (Lipinski definition) is 4. The van der Waals surface area contributed by atoms with Gasteiger partial charge in [0.2, 0.25) is 0 Å². The second-order valence-electron chi connectivity index (χ2n) is 4.52. The topological polar surface area (TPSA) is 55.0 Å². The summed E-state index contributed by atoms with van der Waals surface area (Å²) in [7, 11) is 0. The molecule has 1 unspecified atom stereocenters. The van der Waals surface area contributed by atoms with E-state index in [9.17, 15) is 0 Å². The van der Waals surface area contributed by atoms with E-state index in [-0.39, 0.29) is 0 Å². The third-order valence-corrected chi connectivity index (χ3v) is 3.62. The molecule has 1 rings (SSSR count). The molecular weight excluding hydrogens is 244 g/mol. The van der Waals surface area contributed by atoms with Gasteiger partial charge in [-0.05, 0) is 39.7 Å². The molecule has 0 aliphatic rings. The van der Waals surface area contributed by atoms with Gasteiger partial charge in [-0.2, -0.15) is 5.10 Å². The summed E-state index contributed by atoms with van der Waals surface area (Å²) in [4.78, 5) is 2.59. The molecule has 0 spiro atoms. The van der Waals surface area contributed by atoms with E-state index in [1.165, 1.54) is 0 Å². The Morgan fingerprint density at radius 2 is 1.94 bits per heavy atom. The normalized spacial score (nSPS) is 12.3. The van der Waals surface area contributed by atoms with Gasteiger partial charge in [0.05, 0.1) is 11.3 Å². The van der Waals surface area contributed by atoms with Crippen LogP contribution < -0.4 is 10.6 Å². The van der Waals surface area contributed by atoms with Gasteiger partial charge in [-0.15, -0.1) is 5.10 Å². The molecule has 100 valence electrons. The first-order valence-electron chi connectivity index (χ1n) is 6.34. The fourth-order valence-corrected chi connectivity index (χ4v) is 2.23. The van der Waals surface area contributed by atoms with Gasteiger partial charge in [-0.25, -0.2) is 0 Å². The van der Waals surface area contributed by atoms with Crippen molar-refractivity contribution in [1.82, 2.24) is 10.2 Å². The smallest absolute Gasteiger partial charge is 0.162 e. The van der Waals surface area contributed by atoms with E-state index in [0.29, 0.717) is 11.0 Å². The molecule has 18 heavy (non-hydrogen) atoms. The highest BCUT2D eigenvalue weighted by Crippen LogP contribution is 2.24. The van der Waals surface area contributed by atoms with Crippen molar-refractivity contribution < 1.29 is 0 Å². The molecule has 2 N–H and O–H groups in total. The standard InChI is InChI=1S/C13H22N4S/c1-6-8(3)17(7-2)13-11(12(14)18)9(4)10(5)15-16-13/h8H,6-7H2,1-5H3,(H2,14,18). The molecule has 1 heterocycles. The molecule has 0 aromatic carbocycles. The summed E-state index contributed by atoms with van der Waals surface area (Å²) in [5.74, 6) is 0.808. The molecule has 0 fully saturated rings. The number of hydrogen-bond donors (Lipinski definition) is 1. The molecule has 0 aliphatic carbocycles. The quantitative estimate of drug-likeness (QED) is 0.829.